The molecular formula is C22H15F3N6O5. The van der Waals surface area contributed by atoms with Crippen molar-refractivity contribution in [2.24, 2.45) is 10.9 Å². The van der Waals surface area contributed by atoms with Gasteiger partial charge in [-0.2, -0.15) is 18.3 Å². The van der Waals surface area contributed by atoms with Crippen molar-refractivity contribution in [2.75, 3.05) is 7.11 Å². The van der Waals surface area contributed by atoms with Crippen molar-refractivity contribution in [3.05, 3.63) is 87.7 Å². The van der Waals surface area contributed by atoms with Crippen molar-refractivity contribution in [2.45, 2.75) is 6.18 Å². The molecule has 0 aliphatic heterocycles. The predicted octanol–water partition coefficient (Wildman–Crippen LogP) is 3.81. The summed E-state index contributed by atoms with van der Waals surface area (Å²) in [6.07, 6.45) is -4.81. The molecule has 0 aliphatic carbocycles. The Bertz CT molecular complexity index is 1480. The number of non-ortho nitro benzene ring substituents is 1. The number of nitrogens with zero attached hydrogens (tertiary/aromatic N) is 5. The normalized spacial score (nSPS) is 11.9. The summed E-state index contributed by atoms with van der Waals surface area (Å²) in [6, 6.07) is 13.0. The topological polar surface area (TPSA) is 147 Å². The van der Waals surface area contributed by atoms with Crippen LogP contribution in [-0.4, -0.2) is 38.4 Å². The molecule has 2 aromatic carbocycles. The zero-order valence-electron chi connectivity index (χ0n) is 18.3. The van der Waals surface area contributed by atoms with Crippen molar-refractivity contribution in [3.8, 4) is 17.0 Å². The zero-order chi connectivity index (χ0) is 26.0. The van der Waals surface area contributed by atoms with E-state index in [0.717, 1.165) is 12.1 Å². The van der Waals surface area contributed by atoms with Gasteiger partial charge in [0, 0.05) is 29.3 Å². The molecule has 36 heavy (non-hydrogen) atoms. The number of hydrogen-bond donors (Lipinski definition) is 1. The van der Waals surface area contributed by atoms with Gasteiger partial charge in [0.25, 0.3) is 5.69 Å². The van der Waals surface area contributed by atoms with E-state index in [0.29, 0.717) is 15.8 Å². The number of rotatable bonds is 6. The molecule has 4 aromatic rings. The minimum absolute atomic E-state index is 0.00210. The van der Waals surface area contributed by atoms with Gasteiger partial charge in [0.1, 0.15) is 5.75 Å². The third kappa shape index (κ3) is 4.91. The van der Waals surface area contributed by atoms with Crippen LogP contribution in [0.3, 0.4) is 0 Å². The number of carbonyl (C=O) groups excluding carboxylic acids is 1. The van der Waals surface area contributed by atoms with E-state index < -0.39 is 28.5 Å². The van der Waals surface area contributed by atoms with Gasteiger partial charge in [-0.25, -0.2) is 14.3 Å². The molecule has 0 fully saturated rings. The van der Waals surface area contributed by atoms with E-state index in [1.165, 1.54) is 31.4 Å². The first-order valence-corrected chi connectivity index (χ1v) is 9.99. The average molecular weight is 500 g/mol. The minimum atomic E-state index is -4.81. The highest BCUT2D eigenvalue weighted by molar-refractivity contribution is 5.98. The summed E-state index contributed by atoms with van der Waals surface area (Å²) in [7, 11) is 1.46. The lowest BCUT2D eigenvalue weighted by atomic mass is 10.1. The molecule has 2 aromatic heterocycles. The van der Waals surface area contributed by atoms with Crippen molar-refractivity contribution in [3.63, 3.8) is 0 Å². The number of nitro benzene ring substituents is 1. The molecule has 11 nitrogen and oxygen atoms in total. The molecule has 0 bridgehead atoms. The van der Waals surface area contributed by atoms with E-state index in [1.807, 2.05) is 0 Å². The van der Waals surface area contributed by atoms with Crippen LogP contribution >= 0.6 is 0 Å². The monoisotopic (exact) mass is 500 g/mol. The van der Waals surface area contributed by atoms with E-state index >= 15 is 0 Å². The van der Waals surface area contributed by atoms with Crippen LogP contribution < -0.4 is 10.5 Å². The van der Waals surface area contributed by atoms with Gasteiger partial charge >= 0.3 is 12.1 Å². The Morgan fingerprint density at radius 3 is 2.36 bits per heavy atom. The fourth-order valence-electron chi connectivity index (χ4n) is 3.13. The number of benzene rings is 2. The number of oxime groups is 1. The smallest absolute Gasteiger partial charge is 0.433 e. The van der Waals surface area contributed by atoms with Crippen molar-refractivity contribution >= 4 is 23.1 Å². The Kier molecular flexibility index (Phi) is 6.25. The first kappa shape index (κ1) is 24.1. The van der Waals surface area contributed by atoms with Crippen molar-refractivity contribution in [1.29, 1.82) is 0 Å². The fraction of sp³-hybridized carbons (Fsp3) is 0.0909. The van der Waals surface area contributed by atoms with E-state index in [1.54, 1.807) is 24.3 Å². The molecule has 0 radical (unpaired) electrons. The maximum atomic E-state index is 13.8. The second-order valence-corrected chi connectivity index (χ2v) is 7.21. The average Bonchev–Trinajstić information content (AvgIpc) is 3.30. The number of alkyl halides is 3. The Labute approximate surface area is 199 Å². The second-order valence-electron chi connectivity index (χ2n) is 7.21. The highest BCUT2D eigenvalue weighted by Crippen LogP contribution is 2.32. The highest BCUT2D eigenvalue weighted by Gasteiger charge is 2.36. The van der Waals surface area contributed by atoms with E-state index in [-0.39, 0.29) is 28.4 Å². The number of ether oxygens (including phenoxy) is 1. The molecule has 0 aliphatic rings. The van der Waals surface area contributed by atoms with Crippen molar-refractivity contribution < 1.29 is 32.5 Å². The van der Waals surface area contributed by atoms with Crippen molar-refractivity contribution in [1.82, 2.24) is 14.6 Å². The number of carbonyl (C=O) groups is 1. The number of aromatic nitrogens is 3. The van der Waals surface area contributed by atoms with Crippen LogP contribution in [0.4, 0.5) is 18.9 Å². The number of fused-ring (bicyclic) bond motifs is 1. The number of nitro groups is 1. The Balaban J connectivity index is 1.64. The molecule has 184 valence electrons. The summed E-state index contributed by atoms with van der Waals surface area (Å²) in [6.45, 7) is 0. The Morgan fingerprint density at radius 1 is 1.11 bits per heavy atom. The van der Waals surface area contributed by atoms with Crippen LogP contribution in [-0.2, 0) is 11.0 Å². The molecular weight excluding hydrogens is 485 g/mol. The van der Waals surface area contributed by atoms with Gasteiger partial charge in [-0.3, -0.25) is 10.1 Å². The first-order valence-electron chi connectivity index (χ1n) is 9.99. The van der Waals surface area contributed by atoms with Gasteiger partial charge in [-0.1, -0.05) is 5.16 Å². The third-order valence-electron chi connectivity index (χ3n) is 4.91. The van der Waals surface area contributed by atoms with Gasteiger partial charge in [-0.15, -0.1) is 0 Å². The van der Waals surface area contributed by atoms with Gasteiger partial charge < -0.3 is 15.3 Å². The Morgan fingerprint density at radius 2 is 1.78 bits per heavy atom. The van der Waals surface area contributed by atoms with Crippen LogP contribution in [0.25, 0.3) is 16.9 Å². The molecule has 0 unspecified atom stereocenters. The Hall–Kier alpha value is -5.01. The van der Waals surface area contributed by atoms with E-state index in [2.05, 4.69) is 15.2 Å². The lowest BCUT2D eigenvalue weighted by molar-refractivity contribution is -0.384. The number of amidine groups is 1. The summed E-state index contributed by atoms with van der Waals surface area (Å²) in [5.41, 5.74) is 4.21. The molecule has 14 heteroatoms. The standard InChI is InChI=1S/C22H15F3N6O5/c1-35-15-8-4-12(5-9-15)16-10-18(22(23,24)25)30-19(27-16)11-17(28-30)21(32)36-29-20(26)13-2-6-14(7-3-13)31(33)34/h2-11H,1H3,(H2,26,29). The maximum absolute atomic E-state index is 13.8. The van der Waals surface area contributed by atoms with E-state index in [9.17, 15) is 28.1 Å². The molecule has 2 N–H and O–H groups in total. The van der Waals surface area contributed by atoms with Crippen LogP contribution in [0.5, 0.6) is 5.75 Å². The van der Waals surface area contributed by atoms with Crippen LogP contribution in [0.1, 0.15) is 21.7 Å². The summed E-state index contributed by atoms with van der Waals surface area (Å²) in [5.74, 6) is -0.971. The molecule has 4 rings (SSSR count). The largest absolute Gasteiger partial charge is 0.497 e. The lowest BCUT2D eigenvalue weighted by Gasteiger charge is -2.11. The van der Waals surface area contributed by atoms with Gasteiger partial charge in [0.05, 0.1) is 17.7 Å². The zero-order valence-corrected chi connectivity index (χ0v) is 18.3. The van der Waals surface area contributed by atoms with Gasteiger partial charge in [-0.05, 0) is 42.5 Å². The molecule has 0 amide bonds. The summed E-state index contributed by atoms with van der Waals surface area (Å²) in [4.78, 5) is 31.4. The molecule has 0 atom stereocenters. The SMILES string of the molecule is COc1ccc(-c2cc(C(F)(F)F)n3nc(C(=O)O/N=C(\N)c4ccc([N+](=O)[O-])cc4)cc3n2)cc1. The van der Waals surface area contributed by atoms with Crippen LogP contribution in [0.15, 0.2) is 65.8 Å². The summed E-state index contributed by atoms with van der Waals surface area (Å²) < 4.78 is 46.8. The summed E-state index contributed by atoms with van der Waals surface area (Å²) >= 11 is 0. The number of methoxy groups -OCH3 is 1. The van der Waals surface area contributed by atoms with Crippen LogP contribution in [0, 0.1) is 10.1 Å². The van der Waals surface area contributed by atoms with Gasteiger partial charge in [0.2, 0.25) is 0 Å². The number of nitrogens with two attached hydrogens (primary N) is 1. The van der Waals surface area contributed by atoms with Gasteiger partial charge in [0.15, 0.2) is 22.9 Å². The second kappa shape index (κ2) is 9.32. The molecule has 0 saturated carbocycles. The molecule has 0 saturated heterocycles. The number of hydrogen-bond acceptors (Lipinski definition) is 8. The first-order chi connectivity index (χ1) is 17.1. The fourth-order valence-corrected chi connectivity index (χ4v) is 3.13. The number of halogens is 3. The molecule has 0 spiro atoms. The van der Waals surface area contributed by atoms with E-state index in [4.69, 9.17) is 15.3 Å². The summed E-state index contributed by atoms with van der Waals surface area (Å²) in [5, 5.41) is 17.8. The molecule has 2 heterocycles. The third-order valence-corrected chi connectivity index (χ3v) is 4.91. The van der Waals surface area contributed by atoms with Crippen LogP contribution in [0.2, 0.25) is 0 Å². The lowest BCUT2D eigenvalue weighted by Crippen LogP contribution is -2.16. The highest BCUT2D eigenvalue weighted by atomic mass is 19.4. The maximum Gasteiger partial charge on any atom is 0.433 e. The minimum Gasteiger partial charge on any atom is -0.497 e. The predicted molar refractivity (Wildman–Crippen MR) is 119 cm³/mol. The quantitative estimate of drug-likeness (QED) is 0.138.